The van der Waals surface area contributed by atoms with Gasteiger partial charge in [0.1, 0.15) is 0 Å². The van der Waals surface area contributed by atoms with Gasteiger partial charge in [-0.25, -0.2) is 0 Å². The van der Waals surface area contributed by atoms with Gasteiger partial charge in [-0.2, -0.15) is 0 Å². The van der Waals surface area contributed by atoms with Crippen LogP contribution in [0.3, 0.4) is 0 Å². The molecule has 0 aliphatic carbocycles. The van der Waals surface area contributed by atoms with Gasteiger partial charge in [0.05, 0.1) is 14.2 Å². The molecule has 0 heterocycles. The van der Waals surface area contributed by atoms with Gasteiger partial charge in [-0.1, -0.05) is 24.3 Å². The molecule has 24 heavy (non-hydrogen) atoms. The van der Waals surface area contributed by atoms with Crippen molar-refractivity contribution in [3.8, 4) is 23.0 Å². The monoisotopic (exact) mass is 578 g/mol. The van der Waals surface area contributed by atoms with E-state index in [2.05, 4.69) is 9.36 Å². The number of benzene rings is 2. The van der Waals surface area contributed by atoms with Crippen LogP contribution in [-0.2, 0) is 0 Å². The van der Waals surface area contributed by atoms with E-state index in [9.17, 15) is 0 Å². The van der Waals surface area contributed by atoms with E-state index < -0.39 is 43.4 Å². The molecule has 0 fully saturated rings. The van der Waals surface area contributed by atoms with Crippen molar-refractivity contribution in [2.75, 3.05) is 14.2 Å². The van der Waals surface area contributed by atoms with Gasteiger partial charge in [-0.3, -0.25) is 0 Å². The van der Waals surface area contributed by atoms with E-state index in [-0.39, 0.29) is 11.5 Å². The first-order chi connectivity index (χ1) is 11.5. The molecule has 2 radical (unpaired) electrons. The van der Waals surface area contributed by atoms with Crippen LogP contribution < -0.4 is 9.47 Å². The quantitative estimate of drug-likeness (QED) is 0.548. The van der Waals surface area contributed by atoms with Gasteiger partial charge < -0.3 is 19.7 Å². The summed E-state index contributed by atoms with van der Waals surface area (Å²) in [5.41, 5.74) is 0. The third-order valence-electron chi connectivity index (χ3n) is 2.17. The van der Waals surface area contributed by atoms with Crippen molar-refractivity contribution in [1.29, 1.82) is 0 Å². The molecule has 8 heteroatoms. The van der Waals surface area contributed by atoms with Crippen LogP contribution in [0.2, 0.25) is 9.36 Å². The Bertz CT molecular complexity index is 483. The maximum absolute atomic E-state index is 8.99. The molecule has 0 saturated heterocycles. The van der Waals surface area contributed by atoms with Gasteiger partial charge in [0.25, 0.3) is 0 Å². The van der Waals surface area contributed by atoms with Gasteiger partial charge in [0.15, 0.2) is 23.0 Å². The van der Waals surface area contributed by atoms with Crippen molar-refractivity contribution < 1.29 is 19.7 Å². The number of hydrogen-bond donors (Lipinski definition) is 2. The molecule has 0 saturated carbocycles. The van der Waals surface area contributed by atoms with E-state index >= 15 is 0 Å². The normalized spacial score (nSPS) is 7.92. The van der Waals surface area contributed by atoms with Gasteiger partial charge >= 0.3 is 70.0 Å². The summed E-state index contributed by atoms with van der Waals surface area (Å²) >= 11 is -0.836. The predicted octanol–water partition coefficient (Wildman–Crippen LogP) is 4.59. The zero-order valence-corrected chi connectivity index (χ0v) is 22.3. The van der Waals surface area contributed by atoms with Crippen molar-refractivity contribution in [2.45, 2.75) is 9.36 Å². The summed E-state index contributed by atoms with van der Waals surface area (Å²) < 4.78 is 13.8. The molecule has 2 N–H and O–H groups in total. The summed E-state index contributed by atoms with van der Waals surface area (Å²) in [7, 11) is 13.4. The number of para-hydroxylation sites is 4. The van der Waals surface area contributed by atoms with Crippen LogP contribution >= 0.6 is 17.2 Å². The Balaban J connectivity index is 0. The second kappa shape index (κ2) is 19.3. The predicted molar refractivity (Wildman–Crippen MR) is 104 cm³/mol. The molecule has 2 aromatic rings. The van der Waals surface area contributed by atoms with Crippen LogP contribution in [0.1, 0.15) is 0 Å². The van der Waals surface area contributed by atoms with Crippen molar-refractivity contribution in [2.24, 2.45) is 0 Å². The van der Waals surface area contributed by atoms with Crippen molar-refractivity contribution in [3.05, 3.63) is 48.5 Å². The van der Waals surface area contributed by atoms with E-state index in [1.807, 2.05) is 0 Å². The minimum absolute atomic E-state index is 0.181. The molecule has 0 atom stereocenters. The van der Waals surface area contributed by atoms with Crippen molar-refractivity contribution in [1.82, 2.24) is 0 Å². The SMILES string of the molecule is COc1ccccc1O.COc1ccccc1O.[CH3][In][Cl].[CH3][In][Cl]. The fraction of sp³-hybridized carbons (Fsp3) is 0.250. The van der Waals surface area contributed by atoms with Crippen LogP contribution in [0.25, 0.3) is 0 Å². The first-order valence-electron chi connectivity index (χ1n) is 6.92. The fourth-order valence-corrected chi connectivity index (χ4v) is 1.26. The van der Waals surface area contributed by atoms with Crippen molar-refractivity contribution >= 4 is 60.6 Å². The summed E-state index contributed by atoms with van der Waals surface area (Å²) in [5, 5.41) is 18.0. The molecule has 0 spiro atoms. The average Bonchev–Trinajstić information content (AvgIpc) is 2.58. The second-order valence-electron chi connectivity index (χ2n) is 3.78. The Hall–Kier alpha value is -0.0397. The van der Waals surface area contributed by atoms with E-state index in [0.717, 1.165) is 0 Å². The van der Waals surface area contributed by atoms with Crippen LogP contribution in [0.5, 0.6) is 23.0 Å². The Morgan fingerprint density at radius 3 is 1.12 bits per heavy atom. The zero-order chi connectivity index (χ0) is 18.8. The van der Waals surface area contributed by atoms with E-state index in [1.54, 1.807) is 48.5 Å². The first-order valence-corrected chi connectivity index (χ1v) is 21.9. The Morgan fingerprint density at radius 2 is 0.958 bits per heavy atom. The van der Waals surface area contributed by atoms with E-state index in [0.29, 0.717) is 11.5 Å². The summed E-state index contributed by atoms with van der Waals surface area (Å²) in [4.78, 5) is 0. The molecule has 2 rings (SSSR count). The third-order valence-corrected chi connectivity index (χ3v) is 2.17. The number of phenols is 2. The van der Waals surface area contributed by atoms with Gasteiger partial charge in [0, 0.05) is 0 Å². The van der Waals surface area contributed by atoms with Gasteiger partial charge in [-0.05, 0) is 24.3 Å². The van der Waals surface area contributed by atoms with Gasteiger partial charge in [0.2, 0.25) is 0 Å². The molecule has 4 nitrogen and oxygen atoms in total. The van der Waals surface area contributed by atoms with Crippen LogP contribution in [0.15, 0.2) is 48.5 Å². The molecule has 0 amide bonds. The van der Waals surface area contributed by atoms with E-state index in [4.69, 9.17) is 36.8 Å². The number of aromatic hydroxyl groups is 2. The summed E-state index contributed by atoms with van der Waals surface area (Å²) in [6.07, 6.45) is 0. The topological polar surface area (TPSA) is 58.9 Å². The van der Waals surface area contributed by atoms with Crippen molar-refractivity contribution in [3.63, 3.8) is 0 Å². The van der Waals surface area contributed by atoms with Crippen LogP contribution in [0, 0.1) is 0 Å². The molecular weight excluding hydrogens is 557 g/mol. The number of halogens is 2. The number of rotatable bonds is 2. The summed E-state index contributed by atoms with van der Waals surface area (Å²) in [6, 6.07) is 13.7. The Kier molecular flexibility index (Phi) is 21.0. The molecule has 2 aromatic carbocycles. The maximum atomic E-state index is 8.99. The fourth-order valence-electron chi connectivity index (χ4n) is 1.26. The molecule has 0 aliphatic rings. The van der Waals surface area contributed by atoms with Crippen LogP contribution in [-0.4, -0.2) is 67.9 Å². The Morgan fingerprint density at radius 1 is 0.708 bits per heavy atom. The molecule has 0 unspecified atom stereocenters. The first kappa shape index (κ1) is 26.2. The molecule has 0 bridgehead atoms. The molecule has 0 aliphatic heterocycles. The van der Waals surface area contributed by atoms with E-state index in [1.165, 1.54) is 14.2 Å². The standard InChI is InChI=1S/2C7H8O2.2CH3.2ClH.2In/c2*1-9-7-5-3-2-4-6(7)8;;;;;;/h2*2-5,8H,1H3;2*1H3;2*1H;;/q;;;;;;2*+1/p-2. The number of hydrogen-bond acceptors (Lipinski definition) is 4. The summed E-state index contributed by atoms with van der Waals surface area (Å²) in [6.45, 7) is 0. The number of ether oxygens (including phenoxy) is 2. The second-order valence-corrected chi connectivity index (χ2v) is 12.1. The minimum atomic E-state index is -0.418. The molecular formula is C16H22Cl2In2O4. The third kappa shape index (κ3) is 14.3. The number of methoxy groups -OCH3 is 2. The average molecular weight is 579 g/mol. The van der Waals surface area contributed by atoms with Gasteiger partial charge in [-0.15, -0.1) is 0 Å². The molecule has 130 valence electrons. The summed E-state index contributed by atoms with van der Waals surface area (Å²) in [5.74, 6) is 1.38. The number of phenolic OH excluding ortho intramolecular Hbond substituents is 2. The van der Waals surface area contributed by atoms with Crippen LogP contribution in [0.4, 0.5) is 0 Å². The zero-order valence-electron chi connectivity index (χ0n) is 14.2. The Labute approximate surface area is 174 Å². The molecule has 0 aromatic heterocycles.